The van der Waals surface area contributed by atoms with Gasteiger partial charge in [-0.25, -0.2) is 0 Å². The summed E-state index contributed by atoms with van der Waals surface area (Å²) < 4.78 is 2.36. The number of nitrogens with zero attached hydrogens (tertiary/aromatic N) is 1. The summed E-state index contributed by atoms with van der Waals surface area (Å²) in [6.45, 7) is 9.34. The van der Waals surface area contributed by atoms with E-state index in [1.165, 1.54) is 71.9 Å². The van der Waals surface area contributed by atoms with E-state index < -0.39 is 0 Å². The van der Waals surface area contributed by atoms with Crippen molar-refractivity contribution in [2.45, 2.75) is 39.0 Å². The second-order valence-electron chi connectivity index (χ2n) is 10.4. The molecule has 1 heterocycles. The highest BCUT2D eigenvalue weighted by Crippen LogP contribution is 2.55. The Balaban J connectivity index is 1.57. The first kappa shape index (κ1) is 18.3. The minimum absolute atomic E-state index is 0.00521. The van der Waals surface area contributed by atoms with E-state index in [9.17, 15) is 0 Å². The van der Waals surface area contributed by atoms with Crippen LogP contribution in [0, 0.1) is 6.92 Å². The zero-order valence-corrected chi connectivity index (χ0v) is 19.4. The van der Waals surface area contributed by atoms with Crippen molar-refractivity contribution in [2.75, 3.05) is 0 Å². The van der Waals surface area contributed by atoms with Crippen molar-refractivity contribution in [1.82, 2.24) is 4.57 Å². The van der Waals surface area contributed by atoms with Gasteiger partial charge in [-0.1, -0.05) is 62.7 Å². The molecule has 0 amide bonds. The van der Waals surface area contributed by atoms with Crippen LogP contribution < -0.4 is 0 Å². The highest BCUT2D eigenvalue weighted by Gasteiger charge is 2.39. The first-order valence-corrected chi connectivity index (χ1v) is 11.7. The Labute approximate surface area is 189 Å². The van der Waals surface area contributed by atoms with Crippen LogP contribution in [0.15, 0.2) is 66.7 Å². The first-order valence-electron chi connectivity index (χ1n) is 11.7. The van der Waals surface area contributed by atoms with Gasteiger partial charge < -0.3 is 4.57 Å². The summed E-state index contributed by atoms with van der Waals surface area (Å²) in [5.74, 6) is 0.456. The molecule has 0 aliphatic heterocycles. The molecular formula is C31H27N. The summed E-state index contributed by atoms with van der Waals surface area (Å²) in [6.07, 6.45) is 0. The minimum atomic E-state index is -0.00521. The van der Waals surface area contributed by atoms with Crippen molar-refractivity contribution in [1.29, 1.82) is 0 Å². The van der Waals surface area contributed by atoms with Crippen LogP contribution in [0.4, 0.5) is 0 Å². The van der Waals surface area contributed by atoms with Gasteiger partial charge in [0, 0.05) is 40.2 Å². The summed E-state index contributed by atoms with van der Waals surface area (Å²) >= 11 is 0. The fourth-order valence-corrected chi connectivity index (χ4v) is 6.49. The number of aryl methyl sites for hydroxylation is 2. The van der Waals surface area contributed by atoms with Crippen LogP contribution >= 0.6 is 0 Å². The topological polar surface area (TPSA) is 4.93 Å². The van der Waals surface area contributed by atoms with Crippen molar-refractivity contribution >= 4 is 21.8 Å². The van der Waals surface area contributed by atoms with E-state index in [-0.39, 0.29) is 5.41 Å². The van der Waals surface area contributed by atoms with Gasteiger partial charge in [0.15, 0.2) is 0 Å². The maximum absolute atomic E-state index is 2.52. The van der Waals surface area contributed by atoms with Crippen molar-refractivity contribution in [3.8, 4) is 22.3 Å². The molecule has 7 rings (SSSR count). The third kappa shape index (κ3) is 2.05. The molecule has 1 heteroatoms. The fourth-order valence-electron chi connectivity index (χ4n) is 6.49. The van der Waals surface area contributed by atoms with Crippen LogP contribution in [0.3, 0.4) is 0 Å². The summed E-state index contributed by atoms with van der Waals surface area (Å²) in [5, 5.41) is 2.72. The van der Waals surface area contributed by atoms with Crippen LogP contribution in [-0.4, -0.2) is 4.57 Å². The molecular weight excluding hydrogens is 386 g/mol. The smallest absolute Gasteiger partial charge is 0.0492 e. The molecule has 2 aliphatic carbocycles. The van der Waals surface area contributed by atoms with E-state index >= 15 is 0 Å². The van der Waals surface area contributed by atoms with Crippen LogP contribution in [0.2, 0.25) is 0 Å². The number of benzene rings is 4. The average molecular weight is 414 g/mol. The zero-order chi connectivity index (χ0) is 21.9. The van der Waals surface area contributed by atoms with Crippen molar-refractivity contribution in [2.24, 2.45) is 7.05 Å². The fraction of sp³-hybridized carbons (Fsp3) is 0.226. The van der Waals surface area contributed by atoms with Crippen molar-refractivity contribution in [3.05, 3.63) is 94.5 Å². The Hall–Kier alpha value is -3.32. The first-order chi connectivity index (χ1) is 15.4. The van der Waals surface area contributed by atoms with Crippen LogP contribution in [0.1, 0.15) is 54.5 Å². The Morgan fingerprint density at radius 2 is 1.41 bits per heavy atom. The summed E-state index contributed by atoms with van der Waals surface area (Å²) in [6, 6.07) is 25.7. The Bertz CT molecular complexity index is 1630. The van der Waals surface area contributed by atoms with E-state index in [4.69, 9.17) is 0 Å². The van der Waals surface area contributed by atoms with Gasteiger partial charge in [0.2, 0.25) is 0 Å². The molecule has 0 N–H and O–H groups in total. The van der Waals surface area contributed by atoms with E-state index in [0.29, 0.717) is 5.92 Å². The molecule has 0 radical (unpaired) electrons. The number of fused-ring (bicyclic) bond motifs is 9. The van der Waals surface area contributed by atoms with E-state index in [2.05, 4.69) is 106 Å². The van der Waals surface area contributed by atoms with Gasteiger partial charge in [-0.05, 0) is 81.8 Å². The molecule has 1 nitrogen and oxygen atoms in total. The monoisotopic (exact) mass is 413 g/mol. The quantitative estimate of drug-likeness (QED) is 0.242. The molecule has 2 aliphatic rings. The van der Waals surface area contributed by atoms with Crippen LogP contribution in [0.25, 0.3) is 44.1 Å². The Morgan fingerprint density at radius 1 is 0.688 bits per heavy atom. The lowest BCUT2D eigenvalue weighted by atomic mass is 9.81. The number of rotatable bonds is 0. The van der Waals surface area contributed by atoms with Gasteiger partial charge >= 0.3 is 0 Å². The van der Waals surface area contributed by atoms with Gasteiger partial charge in [0.1, 0.15) is 0 Å². The summed E-state index contributed by atoms with van der Waals surface area (Å²) in [4.78, 5) is 0. The third-order valence-corrected chi connectivity index (χ3v) is 8.31. The van der Waals surface area contributed by atoms with Crippen molar-refractivity contribution in [3.63, 3.8) is 0 Å². The lowest BCUT2D eigenvalue weighted by Crippen LogP contribution is -2.15. The molecule has 0 saturated heterocycles. The van der Waals surface area contributed by atoms with Gasteiger partial charge in [-0.3, -0.25) is 0 Å². The zero-order valence-electron chi connectivity index (χ0n) is 19.4. The van der Waals surface area contributed by atoms with Crippen LogP contribution in [0.5, 0.6) is 0 Å². The maximum Gasteiger partial charge on any atom is 0.0492 e. The van der Waals surface area contributed by atoms with E-state index in [0.717, 1.165) is 0 Å². The molecule has 5 aromatic rings. The van der Waals surface area contributed by atoms with Gasteiger partial charge in [-0.15, -0.1) is 0 Å². The van der Waals surface area contributed by atoms with Gasteiger partial charge in [0.25, 0.3) is 0 Å². The van der Waals surface area contributed by atoms with Gasteiger partial charge in [0.05, 0.1) is 0 Å². The summed E-state index contributed by atoms with van der Waals surface area (Å²) in [5.41, 5.74) is 15.5. The molecule has 4 aromatic carbocycles. The normalized spacial score (nSPS) is 17.5. The largest absolute Gasteiger partial charge is 0.344 e. The highest BCUT2D eigenvalue weighted by molar-refractivity contribution is 6.11. The molecule has 1 aromatic heterocycles. The molecule has 156 valence electrons. The maximum atomic E-state index is 2.52. The average Bonchev–Trinajstić information content (AvgIpc) is 3.31. The Kier molecular flexibility index (Phi) is 3.27. The second-order valence-corrected chi connectivity index (χ2v) is 10.4. The highest BCUT2D eigenvalue weighted by atomic mass is 14.9. The molecule has 1 atom stereocenters. The molecule has 0 fully saturated rings. The molecule has 32 heavy (non-hydrogen) atoms. The molecule has 0 spiro atoms. The second kappa shape index (κ2) is 5.72. The van der Waals surface area contributed by atoms with E-state index in [1.54, 1.807) is 0 Å². The van der Waals surface area contributed by atoms with Crippen molar-refractivity contribution < 1.29 is 0 Å². The number of aromatic nitrogens is 1. The predicted octanol–water partition coefficient (Wildman–Crippen LogP) is 8.08. The standard InChI is InChI=1S/C31H27N/c1-17-10-11-29-25(12-17)26-14-24-23-13-22-20-9-7-6-8-19(20)18(2)21(22)15-27(23)31(3,4)28(24)16-30(26)32(29)5/h6-16,18H,1-5H3. The lowest BCUT2D eigenvalue weighted by molar-refractivity contribution is 0.659. The number of hydrogen-bond donors (Lipinski definition) is 0. The summed E-state index contributed by atoms with van der Waals surface area (Å²) in [7, 11) is 2.20. The number of hydrogen-bond acceptors (Lipinski definition) is 0. The minimum Gasteiger partial charge on any atom is -0.344 e. The SMILES string of the molecule is Cc1ccc2c(c1)c1cc3c(cc1n2C)C(C)(C)c1cc2c(cc1-3)-c1ccccc1C2C. The predicted molar refractivity (Wildman–Crippen MR) is 136 cm³/mol. The molecule has 0 bridgehead atoms. The van der Waals surface area contributed by atoms with E-state index in [1.807, 2.05) is 0 Å². The molecule has 1 unspecified atom stereocenters. The molecule has 0 saturated carbocycles. The Morgan fingerprint density at radius 3 is 2.25 bits per heavy atom. The van der Waals surface area contributed by atoms with Gasteiger partial charge in [-0.2, -0.15) is 0 Å². The van der Waals surface area contributed by atoms with Crippen LogP contribution in [-0.2, 0) is 12.5 Å². The third-order valence-electron chi connectivity index (χ3n) is 8.31. The lowest BCUT2D eigenvalue weighted by Gasteiger charge is -2.23.